The lowest BCUT2D eigenvalue weighted by Gasteiger charge is -2.12. The van der Waals surface area contributed by atoms with Crippen molar-refractivity contribution in [3.05, 3.63) is 65.9 Å². The van der Waals surface area contributed by atoms with Gasteiger partial charge in [0.1, 0.15) is 5.82 Å². The molecule has 2 heterocycles. The zero-order valence-electron chi connectivity index (χ0n) is 12.5. The summed E-state index contributed by atoms with van der Waals surface area (Å²) in [5.41, 5.74) is 5.25. The minimum Gasteiger partial charge on any atom is -0.341 e. The van der Waals surface area contributed by atoms with Crippen LogP contribution in [0.25, 0.3) is 16.8 Å². The molecular formula is C18H16N4. The summed E-state index contributed by atoms with van der Waals surface area (Å²) in [6.45, 7) is 4.09. The standard InChI is InChI=1S/C18H16N4/c1-12-7-3-4-8-14(12)20-17-11-13(2)19-18-21-15-9-5-6-10-16(15)22(17)18/h3-11,20H,1-2H3. The first-order chi connectivity index (χ1) is 10.7. The van der Waals surface area contributed by atoms with E-state index in [9.17, 15) is 0 Å². The average molecular weight is 288 g/mol. The van der Waals surface area contributed by atoms with Crippen LogP contribution in [0.1, 0.15) is 11.3 Å². The summed E-state index contributed by atoms with van der Waals surface area (Å²) >= 11 is 0. The molecule has 2 aromatic heterocycles. The van der Waals surface area contributed by atoms with Crippen molar-refractivity contribution >= 4 is 28.3 Å². The van der Waals surface area contributed by atoms with E-state index >= 15 is 0 Å². The molecule has 108 valence electrons. The highest BCUT2D eigenvalue weighted by Gasteiger charge is 2.10. The van der Waals surface area contributed by atoms with Crippen molar-refractivity contribution in [3.8, 4) is 0 Å². The summed E-state index contributed by atoms with van der Waals surface area (Å²) in [7, 11) is 0. The molecule has 0 aliphatic rings. The van der Waals surface area contributed by atoms with E-state index in [0.29, 0.717) is 0 Å². The molecule has 4 nitrogen and oxygen atoms in total. The minimum absolute atomic E-state index is 0.720. The fraction of sp³-hybridized carbons (Fsp3) is 0.111. The molecule has 0 amide bonds. The minimum atomic E-state index is 0.720. The van der Waals surface area contributed by atoms with Crippen molar-refractivity contribution in [1.82, 2.24) is 14.4 Å². The number of rotatable bonds is 2. The molecule has 0 atom stereocenters. The number of aromatic nitrogens is 3. The van der Waals surface area contributed by atoms with Gasteiger partial charge in [0.25, 0.3) is 0 Å². The number of hydrogen-bond donors (Lipinski definition) is 1. The van der Waals surface area contributed by atoms with Crippen molar-refractivity contribution in [1.29, 1.82) is 0 Å². The second kappa shape index (κ2) is 4.84. The number of benzene rings is 2. The predicted octanol–water partition coefficient (Wildman–Crippen LogP) is 4.24. The Morgan fingerprint density at radius 3 is 2.55 bits per heavy atom. The lowest BCUT2D eigenvalue weighted by molar-refractivity contribution is 1.09. The Morgan fingerprint density at radius 1 is 0.909 bits per heavy atom. The Bertz CT molecular complexity index is 985. The first kappa shape index (κ1) is 12.8. The van der Waals surface area contributed by atoms with Gasteiger partial charge in [-0.05, 0) is 37.6 Å². The van der Waals surface area contributed by atoms with Crippen LogP contribution in [0.3, 0.4) is 0 Å². The lowest BCUT2D eigenvalue weighted by atomic mass is 10.2. The van der Waals surface area contributed by atoms with Crippen molar-refractivity contribution in [3.63, 3.8) is 0 Å². The van der Waals surface area contributed by atoms with E-state index in [-0.39, 0.29) is 0 Å². The molecule has 4 rings (SSSR count). The van der Waals surface area contributed by atoms with Crippen LogP contribution in [0.4, 0.5) is 11.5 Å². The van der Waals surface area contributed by atoms with Crippen LogP contribution in [-0.2, 0) is 0 Å². The van der Waals surface area contributed by atoms with Gasteiger partial charge in [-0.25, -0.2) is 9.97 Å². The number of nitrogens with zero attached hydrogens (tertiary/aromatic N) is 3. The third-order valence-corrected chi connectivity index (χ3v) is 3.81. The van der Waals surface area contributed by atoms with Crippen molar-refractivity contribution in [2.75, 3.05) is 5.32 Å². The highest BCUT2D eigenvalue weighted by Crippen LogP contribution is 2.25. The zero-order chi connectivity index (χ0) is 15.1. The SMILES string of the molecule is Cc1cc(Nc2ccccc2C)n2c(n1)nc1ccccc12. The van der Waals surface area contributed by atoms with Gasteiger partial charge in [0.05, 0.1) is 11.0 Å². The summed E-state index contributed by atoms with van der Waals surface area (Å²) in [6.07, 6.45) is 0. The van der Waals surface area contributed by atoms with Crippen LogP contribution in [0.5, 0.6) is 0 Å². The molecule has 0 aliphatic carbocycles. The van der Waals surface area contributed by atoms with E-state index in [4.69, 9.17) is 0 Å². The van der Waals surface area contributed by atoms with Crippen LogP contribution >= 0.6 is 0 Å². The fourth-order valence-electron chi connectivity index (χ4n) is 2.72. The number of imidazole rings is 1. The molecule has 22 heavy (non-hydrogen) atoms. The van der Waals surface area contributed by atoms with Crippen LogP contribution < -0.4 is 5.32 Å². The largest absolute Gasteiger partial charge is 0.341 e. The molecule has 2 aromatic carbocycles. The Balaban J connectivity index is 1.98. The molecule has 1 N–H and O–H groups in total. The maximum atomic E-state index is 4.61. The average Bonchev–Trinajstić information content (AvgIpc) is 2.87. The van der Waals surface area contributed by atoms with Crippen molar-refractivity contribution < 1.29 is 0 Å². The van der Waals surface area contributed by atoms with Crippen molar-refractivity contribution in [2.45, 2.75) is 13.8 Å². The van der Waals surface area contributed by atoms with Crippen LogP contribution in [0, 0.1) is 13.8 Å². The van der Waals surface area contributed by atoms with E-state index in [2.05, 4.69) is 44.8 Å². The summed E-state index contributed by atoms with van der Waals surface area (Å²) in [4.78, 5) is 9.16. The normalized spacial score (nSPS) is 11.2. The molecule has 0 radical (unpaired) electrons. The van der Waals surface area contributed by atoms with Crippen LogP contribution in [-0.4, -0.2) is 14.4 Å². The fourth-order valence-corrected chi connectivity index (χ4v) is 2.72. The second-order valence-electron chi connectivity index (χ2n) is 5.46. The number of fused-ring (bicyclic) bond motifs is 3. The zero-order valence-corrected chi connectivity index (χ0v) is 12.5. The van der Waals surface area contributed by atoms with Gasteiger partial charge in [-0.3, -0.25) is 4.40 Å². The smallest absolute Gasteiger partial charge is 0.236 e. The Hall–Kier alpha value is -2.88. The predicted molar refractivity (Wildman–Crippen MR) is 89.7 cm³/mol. The summed E-state index contributed by atoms with van der Waals surface area (Å²) in [6, 6.07) is 18.4. The third kappa shape index (κ3) is 2.00. The topological polar surface area (TPSA) is 42.2 Å². The number of aryl methyl sites for hydroxylation is 2. The van der Waals surface area contributed by atoms with Gasteiger partial charge in [-0.15, -0.1) is 0 Å². The maximum absolute atomic E-state index is 4.61. The monoisotopic (exact) mass is 288 g/mol. The van der Waals surface area contributed by atoms with E-state index in [1.54, 1.807) is 0 Å². The second-order valence-corrected chi connectivity index (χ2v) is 5.46. The number of nitrogens with one attached hydrogen (secondary N) is 1. The number of para-hydroxylation sites is 3. The third-order valence-electron chi connectivity index (χ3n) is 3.81. The lowest BCUT2D eigenvalue weighted by Crippen LogP contribution is -2.02. The van der Waals surface area contributed by atoms with E-state index in [1.165, 1.54) is 5.56 Å². The molecule has 0 saturated heterocycles. The van der Waals surface area contributed by atoms with Gasteiger partial charge < -0.3 is 5.32 Å². The van der Waals surface area contributed by atoms with E-state index in [0.717, 1.165) is 34.0 Å². The van der Waals surface area contributed by atoms with Gasteiger partial charge >= 0.3 is 0 Å². The molecule has 4 heteroatoms. The first-order valence-electron chi connectivity index (χ1n) is 7.30. The van der Waals surface area contributed by atoms with Gasteiger partial charge in [-0.1, -0.05) is 30.3 Å². The summed E-state index contributed by atoms with van der Waals surface area (Å²) in [5.74, 6) is 1.70. The molecule has 0 fully saturated rings. The quantitative estimate of drug-likeness (QED) is 0.600. The van der Waals surface area contributed by atoms with Gasteiger partial charge in [0.2, 0.25) is 5.78 Å². The van der Waals surface area contributed by atoms with Crippen LogP contribution in [0.15, 0.2) is 54.6 Å². The number of anilines is 2. The van der Waals surface area contributed by atoms with E-state index in [1.807, 2.05) is 43.3 Å². The Kier molecular flexibility index (Phi) is 2.82. The molecule has 0 aliphatic heterocycles. The molecule has 0 saturated carbocycles. The molecular weight excluding hydrogens is 272 g/mol. The van der Waals surface area contributed by atoms with Crippen molar-refractivity contribution in [2.24, 2.45) is 0 Å². The maximum Gasteiger partial charge on any atom is 0.236 e. The van der Waals surface area contributed by atoms with Crippen LogP contribution in [0.2, 0.25) is 0 Å². The molecule has 0 bridgehead atoms. The highest BCUT2D eigenvalue weighted by atomic mass is 15.2. The van der Waals surface area contributed by atoms with Gasteiger partial charge in [-0.2, -0.15) is 0 Å². The van der Waals surface area contributed by atoms with Gasteiger partial charge in [0.15, 0.2) is 0 Å². The highest BCUT2D eigenvalue weighted by molar-refractivity contribution is 5.82. The first-order valence-corrected chi connectivity index (χ1v) is 7.30. The molecule has 0 spiro atoms. The Labute approximate surface area is 128 Å². The molecule has 4 aromatic rings. The number of hydrogen-bond acceptors (Lipinski definition) is 3. The van der Waals surface area contributed by atoms with Gasteiger partial charge in [0, 0.05) is 17.4 Å². The summed E-state index contributed by atoms with van der Waals surface area (Å²) < 4.78 is 2.06. The van der Waals surface area contributed by atoms with E-state index < -0.39 is 0 Å². The Morgan fingerprint density at radius 2 is 1.68 bits per heavy atom. The summed E-state index contributed by atoms with van der Waals surface area (Å²) in [5, 5.41) is 3.52. The molecule has 0 unspecified atom stereocenters.